The van der Waals surface area contributed by atoms with Crippen molar-refractivity contribution in [3.63, 3.8) is 0 Å². The molecule has 0 aromatic carbocycles. The number of nitrogens with zero attached hydrogens (tertiary/aromatic N) is 5. The molecule has 0 aliphatic carbocycles. The van der Waals surface area contributed by atoms with Gasteiger partial charge in [0.05, 0.1) is 11.3 Å². The lowest BCUT2D eigenvalue weighted by molar-refractivity contribution is -0.115. The Morgan fingerprint density at radius 3 is 2.80 bits per heavy atom. The van der Waals surface area contributed by atoms with Crippen LogP contribution in [0, 0.1) is 6.92 Å². The molecular formula is C12H15N7O. The fraction of sp³-hybridized carbons (Fsp3) is 0.333. The Kier molecular flexibility index (Phi) is 2.60. The number of rotatable bonds is 2. The third-order valence-electron chi connectivity index (χ3n) is 3.41. The second-order valence-corrected chi connectivity index (χ2v) is 4.80. The minimum absolute atomic E-state index is 0.403. The summed E-state index contributed by atoms with van der Waals surface area (Å²) in [7, 11) is 1.83. The van der Waals surface area contributed by atoms with Crippen LogP contribution < -0.4 is 11.1 Å². The van der Waals surface area contributed by atoms with Gasteiger partial charge in [0.2, 0.25) is 11.9 Å². The van der Waals surface area contributed by atoms with Crippen LogP contribution in [0.4, 0.5) is 5.95 Å². The smallest absolute Gasteiger partial charge is 0.248 e. The van der Waals surface area contributed by atoms with Gasteiger partial charge in [-0.3, -0.25) is 9.48 Å². The van der Waals surface area contributed by atoms with Gasteiger partial charge in [-0.1, -0.05) is 0 Å². The minimum atomic E-state index is -0.482. The SMILES string of the molecule is CC1=C(C(N)=O)[C@H](c2cn(C)nc2C)n2ncnc2N1. The third kappa shape index (κ3) is 1.68. The summed E-state index contributed by atoms with van der Waals surface area (Å²) in [5.41, 5.74) is 8.41. The highest BCUT2D eigenvalue weighted by atomic mass is 16.1. The van der Waals surface area contributed by atoms with Crippen LogP contribution in [0.1, 0.15) is 24.2 Å². The van der Waals surface area contributed by atoms with Crippen molar-refractivity contribution in [1.82, 2.24) is 24.5 Å². The molecule has 0 saturated carbocycles. The average molecular weight is 273 g/mol. The molecule has 8 nitrogen and oxygen atoms in total. The van der Waals surface area contributed by atoms with Crippen LogP contribution in [-0.4, -0.2) is 30.5 Å². The number of amides is 1. The van der Waals surface area contributed by atoms with E-state index >= 15 is 0 Å². The summed E-state index contributed by atoms with van der Waals surface area (Å²) in [5, 5.41) is 11.6. The summed E-state index contributed by atoms with van der Waals surface area (Å²) in [4.78, 5) is 16.0. The lowest BCUT2D eigenvalue weighted by Crippen LogP contribution is -2.32. The number of carbonyl (C=O) groups is 1. The van der Waals surface area contributed by atoms with Gasteiger partial charge in [0, 0.05) is 24.5 Å². The molecule has 1 amide bonds. The molecular weight excluding hydrogens is 258 g/mol. The quantitative estimate of drug-likeness (QED) is 0.807. The number of primary amides is 1. The predicted octanol–water partition coefficient (Wildman–Crippen LogP) is 0.0942. The fourth-order valence-electron chi connectivity index (χ4n) is 2.58. The molecule has 0 fully saturated rings. The first-order valence-electron chi connectivity index (χ1n) is 6.16. The third-order valence-corrected chi connectivity index (χ3v) is 3.41. The maximum Gasteiger partial charge on any atom is 0.248 e. The average Bonchev–Trinajstić information content (AvgIpc) is 2.93. The van der Waals surface area contributed by atoms with Gasteiger partial charge in [-0.15, -0.1) is 0 Å². The second-order valence-electron chi connectivity index (χ2n) is 4.80. The maximum absolute atomic E-state index is 11.8. The van der Waals surface area contributed by atoms with Crippen molar-refractivity contribution >= 4 is 11.9 Å². The summed E-state index contributed by atoms with van der Waals surface area (Å²) in [6.07, 6.45) is 3.31. The molecule has 1 aliphatic heterocycles. The van der Waals surface area contributed by atoms with E-state index in [0.29, 0.717) is 17.2 Å². The van der Waals surface area contributed by atoms with E-state index in [4.69, 9.17) is 5.73 Å². The van der Waals surface area contributed by atoms with Gasteiger partial charge < -0.3 is 11.1 Å². The Labute approximate surface area is 115 Å². The second kappa shape index (κ2) is 4.19. The Bertz CT molecular complexity index is 724. The molecule has 104 valence electrons. The zero-order valence-electron chi connectivity index (χ0n) is 11.5. The zero-order chi connectivity index (χ0) is 14.4. The molecule has 0 unspecified atom stereocenters. The van der Waals surface area contributed by atoms with Gasteiger partial charge in [-0.25, -0.2) is 4.68 Å². The summed E-state index contributed by atoms with van der Waals surface area (Å²) in [6.45, 7) is 3.69. The van der Waals surface area contributed by atoms with Crippen LogP contribution in [0.3, 0.4) is 0 Å². The highest BCUT2D eigenvalue weighted by Crippen LogP contribution is 2.35. The van der Waals surface area contributed by atoms with E-state index in [0.717, 1.165) is 11.3 Å². The molecule has 3 rings (SSSR count). The van der Waals surface area contributed by atoms with Gasteiger partial charge in [0.15, 0.2) is 0 Å². The molecule has 8 heteroatoms. The fourth-order valence-corrected chi connectivity index (χ4v) is 2.58. The van der Waals surface area contributed by atoms with Gasteiger partial charge in [-0.2, -0.15) is 15.2 Å². The van der Waals surface area contributed by atoms with E-state index in [9.17, 15) is 4.79 Å². The van der Waals surface area contributed by atoms with Gasteiger partial charge in [-0.05, 0) is 13.8 Å². The maximum atomic E-state index is 11.8. The molecule has 0 saturated heterocycles. The van der Waals surface area contributed by atoms with Crippen molar-refractivity contribution in [2.45, 2.75) is 19.9 Å². The highest BCUT2D eigenvalue weighted by Gasteiger charge is 2.34. The van der Waals surface area contributed by atoms with Crippen molar-refractivity contribution in [1.29, 1.82) is 0 Å². The number of nitrogens with one attached hydrogen (secondary N) is 1. The van der Waals surface area contributed by atoms with Crippen molar-refractivity contribution in [3.05, 3.63) is 35.1 Å². The largest absolute Gasteiger partial charge is 0.366 e. The number of aromatic nitrogens is 5. The molecule has 0 spiro atoms. The van der Waals surface area contributed by atoms with Crippen molar-refractivity contribution < 1.29 is 4.79 Å². The number of fused-ring (bicyclic) bond motifs is 1. The van der Waals surface area contributed by atoms with Crippen molar-refractivity contribution in [2.24, 2.45) is 12.8 Å². The number of anilines is 1. The van der Waals surface area contributed by atoms with Crippen LogP contribution >= 0.6 is 0 Å². The van der Waals surface area contributed by atoms with Gasteiger partial charge in [0.1, 0.15) is 12.4 Å². The molecule has 2 aromatic heterocycles. The van der Waals surface area contributed by atoms with Gasteiger partial charge in [0.25, 0.3) is 0 Å². The standard InChI is InChI=1S/C12H15N7O/c1-6-8(4-18(3)17-6)10-9(11(13)20)7(2)16-12-14-5-15-19(10)12/h4-5,10H,1-3H3,(H2,13,20)(H,14,15,16)/t10-/m0/s1. The Balaban J connectivity index is 2.25. The Morgan fingerprint density at radius 1 is 1.45 bits per heavy atom. The highest BCUT2D eigenvalue weighted by molar-refractivity contribution is 5.95. The van der Waals surface area contributed by atoms with E-state index in [1.54, 1.807) is 16.3 Å². The topological polar surface area (TPSA) is 104 Å². The van der Waals surface area contributed by atoms with E-state index in [1.807, 2.05) is 20.2 Å². The van der Waals surface area contributed by atoms with E-state index in [2.05, 4.69) is 20.5 Å². The number of nitrogens with two attached hydrogens (primary N) is 1. The normalized spacial score (nSPS) is 17.9. The molecule has 0 radical (unpaired) electrons. The number of aryl methyl sites for hydroxylation is 2. The molecule has 3 N–H and O–H groups in total. The first kappa shape index (κ1) is 12.4. The lowest BCUT2D eigenvalue weighted by Gasteiger charge is -2.27. The van der Waals surface area contributed by atoms with Crippen LogP contribution in [-0.2, 0) is 11.8 Å². The summed E-state index contributed by atoms with van der Waals surface area (Å²) in [5.74, 6) is 0.102. The molecule has 1 aliphatic rings. The molecule has 20 heavy (non-hydrogen) atoms. The van der Waals surface area contributed by atoms with E-state index in [-0.39, 0.29) is 0 Å². The van der Waals surface area contributed by atoms with Crippen molar-refractivity contribution in [2.75, 3.05) is 5.32 Å². The van der Waals surface area contributed by atoms with Crippen LogP contribution in [0.15, 0.2) is 23.8 Å². The number of carbonyl (C=O) groups excluding carboxylic acids is 1. The van der Waals surface area contributed by atoms with Crippen molar-refractivity contribution in [3.8, 4) is 0 Å². The van der Waals surface area contributed by atoms with Crippen LogP contribution in [0.2, 0.25) is 0 Å². The number of allylic oxidation sites excluding steroid dienone is 1. The lowest BCUT2D eigenvalue weighted by atomic mass is 9.96. The number of hydrogen-bond acceptors (Lipinski definition) is 5. The number of hydrogen-bond donors (Lipinski definition) is 2. The molecule has 2 aromatic rings. The molecule has 3 heterocycles. The summed E-state index contributed by atoms with van der Waals surface area (Å²) < 4.78 is 3.36. The van der Waals surface area contributed by atoms with Crippen LogP contribution in [0.5, 0.6) is 0 Å². The van der Waals surface area contributed by atoms with Crippen LogP contribution in [0.25, 0.3) is 0 Å². The minimum Gasteiger partial charge on any atom is -0.366 e. The predicted molar refractivity (Wildman–Crippen MR) is 71.6 cm³/mol. The van der Waals surface area contributed by atoms with Gasteiger partial charge >= 0.3 is 0 Å². The first-order valence-corrected chi connectivity index (χ1v) is 6.16. The first-order chi connectivity index (χ1) is 9.49. The van der Waals surface area contributed by atoms with E-state index in [1.165, 1.54) is 6.33 Å². The Morgan fingerprint density at radius 2 is 2.20 bits per heavy atom. The monoisotopic (exact) mass is 273 g/mol. The Hall–Kier alpha value is -2.64. The molecule has 0 bridgehead atoms. The summed E-state index contributed by atoms with van der Waals surface area (Å²) in [6, 6.07) is -0.403. The molecule has 1 atom stereocenters. The van der Waals surface area contributed by atoms with E-state index < -0.39 is 11.9 Å². The summed E-state index contributed by atoms with van der Waals surface area (Å²) >= 11 is 0. The zero-order valence-corrected chi connectivity index (χ0v) is 11.5.